The van der Waals surface area contributed by atoms with Crippen molar-refractivity contribution in [2.75, 3.05) is 19.7 Å². The first-order chi connectivity index (χ1) is 9.86. The lowest BCUT2D eigenvalue weighted by molar-refractivity contribution is 0.268. The second-order valence-electron chi connectivity index (χ2n) is 4.78. The molecule has 1 saturated heterocycles. The van der Waals surface area contributed by atoms with Gasteiger partial charge in [-0.1, -0.05) is 5.16 Å². The van der Waals surface area contributed by atoms with E-state index >= 15 is 0 Å². The number of aromatic nitrogens is 3. The SMILES string of the molecule is CCOc1ncccc1-c1noc(CN2CCCC2)n1. The lowest BCUT2D eigenvalue weighted by Crippen LogP contribution is -2.18. The smallest absolute Gasteiger partial charge is 0.241 e. The summed E-state index contributed by atoms with van der Waals surface area (Å²) in [5.41, 5.74) is 0.769. The Morgan fingerprint density at radius 2 is 2.20 bits per heavy atom. The summed E-state index contributed by atoms with van der Waals surface area (Å²) in [6, 6.07) is 3.73. The topological polar surface area (TPSA) is 64.3 Å². The molecule has 0 amide bonds. The van der Waals surface area contributed by atoms with Crippen molar-refractivity contribution in [1.29, 1.82) is 0 Å². The summed E-state index contributed by atoms with van der Waals surface area (Å²) in [5, 5.41) is 4.04. The Labute approximate surface area is 117 Å². The van der Waals surface area contributed by atoms with Gasteiger partial charge in [-0.05, 0) is 45.0 Å². The molecule has 0 saturated carbocycles. The van der Waals surface area contributed by atoms with E-state index in [4.69, 9.17) is 9.26 Å². The van der Waals surface area contributed by atoms with Crippen molar-refractivity contribution in [2.24, 2.45) is 0 Å². The van der Waals surface area contributed by atoms with Crippen molar-refractivity contribution in [1.82, 2.24) is 20.0 Å². The summed E-state index contributed by atoms with van der Waals surface area (Å²) < 4.78 is 10.8. The van der Waals surface area contributed by atoms with Crippen molar-refractivity contribution in [3.63, 3.8) is 0 Å². The highest BCUT2D eigenvalue weighted by molar-refractivity contribution is 5.60. The normalized spacial score (nSPS) is 15.7. The molecule has 106 valence electrons. The molecule has 6 nitrogen and oxygen atoms in total. The zero-order chi connectivity index (χ0) is 13.8. The Kier molecular flexibility index (Phi) is 3.92. The standard InChI is InChI=1S/C14H18N4O2/c1-2-19-14-11(6-5-7-15-14)13-16-12(20-17-13)10-18-8-3-4-9-18/h5-7H,2-4,8-10H2,1H3. The maximum Gasteiger partial charge on any atom is 0.241 e. The number of nitrogens with zero attached hydrogens (tertiary/aromatic N) is 4. The summed E-state index contributed by atoms with van der Waals surface area (Å²) in [6.45, 7) is 5.41. The zero-order valence-electron chi connectivity index (χ0n) is 11.6. The van der Waals surface area contributed by atoms with Gasteiger partial charge in [0.1, 0.15) is 0 Å². The molecule has 2 aromatic rings. The van der Waals surface area contributed by atoms with E-state index in [1.54, 1.807) is 6.20 Å². The van der Waals surface area contributed by atoms with Crippen LogP contribution in [0, 0.1) is 0 Å². The Balaban J connectivity index is 1.78. The number of hydrogen-bond donors (Lipinski definition) is 0. The Bertz CT molecular complexity index is 564. The summed E-state index contributed by atoms with van der Waals surface area (Å²) in [5.74, 6) is 1.73. The predicted molar refractivity (Wildman–Crippen MR) is 73.2 cm³/mol. The molecule has 0 bridgehead atoms. The molecule has 0 unspecified atom stereocenters. The number of ether oxygens (including phenoxy) is 1. The third kappa shape index (κ3) is 2.80. The molecule has 3 heterocycles. The molecule has 1 aliphatic rings. The zero-order valence-corrected chi connectivity index (χ0v) is 11.6. The predicted octanol–water partition coefficient (Wildman–Crippen LogP) is 2.13. The Morgan fingerprint density at radius 1 is 1.35 bits per heavy atom. The number of rotatable bonds is 5. The molecule has 0 N–H and O–H groups in total. The van der Waals surface area contributed by atoms with Gasteiger partial charge < -0.3 is 9.26 Å². The molecule has 6 heteroatoms. The van der Waals surface area contributed by atoms with Crippen LogP contribution in [0.15, 0.2) is 22.9 Å². The molecule has 20 heavy (non-hydrogen) atoms. The highest BCUT2D eigenvalue weighted by atomic mass is 16.5. The molecule has 1 aliphatic heterocycles. The average molecular weight is 274 g/mol. The van der Waals surface area contributed by atoms with Gasteiger partial charge in [0.25, 0.3) is 0 Å². The molecule has 0 aliphatic carbocycles. The van der Waals surface area contributed by atoms with Crippen molar-refractivity contribution in [2.45, 2.75) is 26.3 Å². The van der Waals surface area contributed by atoms with Crippen LogP contribution < -0.4 is 4.74 Å². The quantitative estimate of drug-likeness (QED) is 0.832. The van der Waals surface area contributed by atoms with Crippen LogP contribution >= 0.6 is 0 Å². The van der Waals surface area contributed by atoms with Crippen molar-refractivity contribution < 1.29 is 9.26 Å². The van der Waals surface area contributed by atoms with Gasteiger partial charge in [-0.3, -0.25) is 4.90 Å². The van der Waals surface area contributed by atoms with E-state index in [1.165, 1.54) is 12.8 Å². The summed E-state index contributed by atoms with van der Waals surface area (Å²) in [4.78, 5) is 11.0. The van der Waals surface area contributed by atoms with E-state index in [0.717, 1.165) is 25.2 Å². The Hall–Kier alpha value is -1.95. The molecular formula is C14H18N4O2. The van der Waals surface area contributed by atoms with Crippen LogP contribution in [0.5, 0.6) is 5.88 Å². The minimum atomic E-state index is 0.538. The largest absolute Gasteiger partial charge is 0.477 e. The molecule has 0 atom stereocenters. The first-order valence-electron chi connectivity index (χ1n) is 7.00. The van der Waals surface area contributed by atoms with Crippen LogP contribution in [0.2, 0.25) is 0 Å². The van der Waals surface area contributed by atoms with E-state index < -0.39 is 0 Å². The molecule has 3 rings (SSSR count). The van der Waals surface area contributed by atoms with Crippen LogP contribution in [0.1, 0.15) is 25.7 Å². The van der Waals surface area contributed by atoms with E-state index in [9.17, 15) is 0 Å². The van der Waals surface area contributed by atoms with Crippen molar-refractivity contribution in [3.05, 3.63) is 24.2 Å². The van der Waals surface area contributed by atoms with Gasteiger partial charge in [0.15, 0.2) is 0 Å². The summed E-state index contributed by atoms with van der Waals surface area (Å²) in [6.07, 6.45) is 4.19. The van der Waals surface area contributed by atoms with E-state index in [0.29, 0.717) is 24.2 Å². The third-order valence-corrected chi connectivity index (χ3v) is 3.32. The van der Waals surface area contributed by atoms with Gasteiger partial charge in [0, 0.05) is 6.20 Å². The van der Waals surface area contributed by atoms with Gasteiger partial charge in [-0.2, -0.15) is 4.98 Å². The van der Waals surface area contributed by atoms with Crippen LogP contribution in [-0.2, 0) is 6.54 Å². The van der Waals surface area contributed by atoms with Crippen LogP contribution in [-0.4, -0.2) is 39.7 Å². The molecular weight excluding hydrogens is 256 g/mol. The summed E-state index contributed by atoms with van der Waals surface area (Å²) in [7, 11) is 0. The van der Waals surface area contributed by atoms with Gasteiger partial charge in [-0.15, -0.1) is 0 Å². The number of likely N-dealkylation sites (tertiary alicyclic amines) is 1. The van der Waals surface area contributed by atoms with Crippen LogP contribution in [0.4, 0.5) is 0 Å². The second kappa shape index (κ2) is 6.00. The number of hydrogen-bond acceptors (Lipinski definition) is 6. The molecule has 0 radical (unpaired) electrons. The third-order valence-electron chi connectivity index (χ3n) is 3.32. The van der Waals surface area contributed by atoms with E-state index in [1.807, 2.05) is 19.1 Å². The first kappa shape index (κ1) is 13.1. The maximum absolute atomic E-state index is 5.49. The lowest BCUT2D eigenvalue weighted by Gasteiger charge is -2.09. The van der Waals surface area contributed by atoms with Gasteiger partial charge >= 0.3 is 0 Å². The Morgan fingerprint density at radius 3 is 3.00 bits per heavy atom. The monoisotopic (exact) mass is 274 g/mol. The molecule has 0 aromatic carbocycles. The molecule has 1 fully saturated rings. The molecule has 2 aromatic heterocycles. The first-order valence-corrected chi connectivity index (χ1v) is 7.00. The van der Waals surface area contributed by atoms with Crippen LogP contribution in [0.3, 0.4) is 0 Å². The van der Waals surface area contributed by atoms with Gasteiger partial charge in [0.05, 0.1) is 18.7 Å². The number of pyridine rings is 1. The van der Waals surface area contributed by atoms with Crippen molar-refractivity contribution in [3.8, 4) is 17.3 Å². The fraction of sp³-hybridized carbons (Fsp3) is 0.500. The summed E-state index contributed by atoms with van der Waals surface area (Å²) >= 11 is 0. The minimum Gasteiger partial charge on any atom is -0.477 e. The highest BCUT2D eigenvalue weighted by Gasteiger charge is 2.18. The van der Waals surface area contributed by atoms with Crippen LogP contribution in [0.25, 0.3) is 11.4 Å². The second-order valence-corrected chi connectivity index (χ2v) is 4.78. The van der Waals surface area contributed by atoms with E-state index in [-0.39, 0.29) is 0 Å². The van der Waals surface area contributed by atoms with Gasteiger partial charge in [0.2, 0.25) is 17.6 Å². The van der Waals surface area contributed by atoms with Gasteiger partial charge in [-0.25, -0.2) is 4.98 Å². The highest BCUT2D eigenvalue weighted by Crippen LogP contribution is 2.25. The van der Waals surface area contributed by atoms with E-state index in [2.05, 4.69) is 20.0 Å². The minimum absolute atomic E-state index is 0.538. The molecule has 0 spiro atoms. The van der Waals surface area contributed by atoms with Crippen molar-refractivity contribution >= 4 is 0 Å². The fourth-order valence-electron chi connectivity index (χ4n) is 2.37. The maximum atomic E-state index is 5.49. The lowest BCUT2D eigenvalue weighted by atomic mass is 10.2. The fourth-order valence-corrected chi connectivity index (χ4v) is 2.37. The average Bonchev–Trinajstić information content (AvgIpc) is 3.12.